The fourth-order valence-corrected chi connectivity index (χ4v) is 6.03. The SMILES string of the molecule is COc1cc(C)c(S(=O)(=O)/N=C(/N)N2CCC(CC(NC(=O)OC(C)(C)C)C(=O)N(C)OC)CC2)c(C)c1C. The molecular weight excluding hydrogens is 526 g/mol. The maximum absolute atomic E-state index is 13.2. The number of methoxy groups -OCH3 is 1. The Kier molecular flexibility index (Phi) is 10.6. The van der Waals surface area contributed by atoms with Crippen LogP contribution in [0.2, 0.25) is 0 Å². The van der Waals surface area contributed by atoms with Crippen molar-refractivity contribution in [3.05, 3.63) is 22.8 Å². The van der Waals surface area contributed by atoms with E-state index in [1.807, 2.05) is 0 Å². The van der Waals surface area contributed by atoms with Crippen molar-refractivity contribution in [3.8, 4) is 5.75 Å². The minimum absolute atomic E-state index is 0.0635. The Morgan fingerprint density at radius 2 is 1.77 bits per heavy atom. The number of alkyl carbamates (subject to hydrolysis) is 1. The molecule has 1 fully saturated rings. The molecule has 1 unspecified atom stereocenters. The number of piperidine rings is 1. The second kappa shape index (κ2) is 12.9. The van der Waals surface area contributed by atoms with E-state index in [1.165, 1.54) is 21.3 Å². The number of amides is 2. The standard InChI is InChI=1S/C26H43N5O7S/c1-16-14-21(36-8)17(2)18(3)22(16)39(34,35)29-24(27)31-12-10-19(11-13-31)15-20(23(32)30(7)37-9)28-25(33)38-26(4,5)6/h14,19-20H,10-13,15H2,1-9H3,(H2,27,29)(H,28,33). The highest BCUT2D eigenvalue weighted by Crippen LogP contribution is 2.32. The molecule has 1 atom stereocenters. The molecule has 1 aliphatic rings. The van der Waals surface area contributed by atoms with Crippen LogP contribution < -0.4 is 15.8 Å². The van der Waals surface area contributed by atoms with Gasteiger partial charge < -0.3 is 25.4 Å². The number of hydrogen-bond donors (Lipinski definition) is 2. The van der Waals surface area contributed by atoms with E-state index in [1.54, 1.807) is 52.5 Å². The molecule has 1 aromatic rings. The molecule has 0 radical (unpaired) electrons. The Hall–Kier alpha value is -3.06. The lowest BCUT2D eigenvalue weighted by atomic mass is 9.90. The van der Waals surface area contributed by atoms with Gasteiger partial charge in [-0.2, -0.15) is 8.42 Å². The minimum atomic E-state index is -4.06. The fourth-order valence-electron chi connectivity index (χ4n) is 4.57. The topological polar surface area (TPSA) is 153 Å². The summed E-state index contributed by atoms with van der Waals surface area (Å²) in [6.45, 7) is 11.3. The van der Waals surface area contributed by atoms with Gasteiger partial charge in [0.2, 0.25) is 5.96 Å². The lowest BCUT2D eigenvalue weighted by Gasteiger charge is -2.34. The van der Waals surface area contributed by atoms with Gasteiger partial charge in [0, 0.05) is 20.1 Å². The molecule has 0 saturated carbocycles. The predicted molar refractivity (Wildman–Crippen MR) is 148 cm³/mol. The summed E-state index contributed by atoms with van der Waals surface area (Å²) in [5.41, 5.74) is 7.27. The van der Waals surface area contributed by atoms with Crippen LogP contribution in [-0.4, -0.2) is 82.3 Å². The van der Waals surface area contributed by atoms with Crippen LogP contribution >= 0.6 is 0 Å². The Labute approximate surface area is 231 Å². The van der Waals surface area contributed by atoms with E-state index in [-0.39, 0.29) is 16.8 Å². The van der Waals surface area contributed by atoms with Crippen LogP contribution in [0.3, 0.4) is 0 Å². The molecule has 1 heterocycles. The first-order valence-corrected chi connectivity index (χ1v) is 14.3. The number of likely N-dealkylation sites (tertiary alicyclic amines) is 1. The van der Waals surface area contributed by atoms with Crippen molar-refractivity contribution in [2.75, 3.05) is 34.4 Å². The lowest BCUT2D eigenvalue weighted by Crippen LogP contribution is -2.50. The molecule has 1 saturated heterocycles. The quantitative estimate of drug-likeness (QED) is 0.273. The molecule has 0 spiro atoms. The van der Waals surface area contributed by atoms with E-state index < -0.39 is 33.7 Å². The number of benzene rings is 1. The largest absolute Gasteiger partial charge is 0.496 e. The van der Waals surface area contributed by atoms with Crippen molar-refractivity contribution in [2.45, 2.75) is 77.3 Å². The van der Waals surface area contributed by atoms with Gasteiger partial charge in [0.1, 0.15) is 17.4 Å². The molecule has 12 nitrogen and oxygen atoms in total. The van der Waals surface area contributed by atoms with Crippen molar-refractivity contribution in [3.63, 3.8) is 0 Å². The summed E-state index contributed by atoms with van der Waals surface area (Å²) >= 11 is 0. The highest BCUT2D eigenvalue weighted by Gasteiger charge is 2.32. The van der Waals surface area contributed by atoms with Crippen molar-refractivity contribution in [1.29, 1.82) is 0 Å². The maximum atomic E-state index is 13.2. The molecule has 39 heavy (non-hydrogen) atoms. The van der Waals surface area contributed by atoms with Gasteiger partial charge in [-0.1, -0.05) is 0 Å². The van der Waals surface area contributed by atoms with E-state index in [4.69, 9.17) is 20.0 Å². The van der Waals surface area contributed by atoms with Crippen LogP contribution in [0.5, 0.6) is 5.75 Å². The number of likely N-dealkylation sites (N-methyl/N-ethyl adjacent to an activating group) is 1. The van der Waals surface area contributed by atoms with Gasteiger partial charge in [0.25, 0.3) is 15.9 Å². The monoisotopic (exact) mass is 569 g/mol. The summed E-state index contributed by atoms with van der Waals surface area (Å²) in [6.07, 6.45) is 0.904. The number of nitrogens with two attached hydrogens (primary N) is 1. The van der Waals surface area contributed by atoms with Crippen LogP contribution in [0.1, 0.15) is 56.7 Å². The number of rotatable bonds is 8. The first kappa shape index (κ1) is 32.2. The molecule has 220 valence electrons. The minimum Gasteiger partial charge on any atom is -0.496 e. The fraction of sp³-hybridized carbons (Fsp3) is 0.654. The third-order valence-corrected chi connectivity index (χ3v) is 8.32. The second-order valence-corrected chi connectivity index (χ2v) is 12.3. The number of guanidine groups is 1. The molecule has 1 aromatic carbocycles. The predicted octanol–water partition coefficient (Wildman–Crippen LogP) is 2.64. The third-order valence-electron chi connectivity index (χ3n) is 6.75. The maximum Gasteiger partial charge on any atom is 0.408 e. The molecule has 1 aliphatic heterocycles. The summed E-state index contributed by atoms with van der Waals surface area (Å²) in [4.78, 5) is 32.1. The van der Waals surface area contributed by atoms with Gasteiger partial charge in [0.15, 0.2) is 0 Å². The number of carbonyl (C=O) groups is 2. The Balaban J connectivity index is 2.14. The molecule has 3 N–H and O–H groups in total. The van der Waals surface area contributed by atoms with Gasteiger partial charge in [-0.05, 0) is 89.5 Å². The summed E-state index contributed by atoms with van der Waals surface area (Å²) in [6, 6.07) is 0.827. The molecule has 2 amide bonds. The highest BCUT2D eigenvalue weighted by molar-refractivity contribution is 7.90. The lowest BCUT2D eigenvalue weighted by molar-refractivity contribution is -0.171. The average molecular weight is 570 g/mol. The van der Waals surface area contributed by atoms with E-state index in [2.05, 4.69) is 9.71 Å². The average Bonchev–Trinajstić information content (AvgIpc) is 2.83. The molecule has 0 bridgehead atoms. The van der Waals surface area contributed by atoms with Crippen LogP contribution in [0.25, 0.3) is 0 Å². The van der Waals surface area contributed by atoms with Crippen LogP contribution in [0, 0.1) is 26.7 Å². The molecule has 13 heteroatoms. The Morgan fingerprint density at radius 1 is 1.18 bits per heavy atom. The van der Waals surface area contributed by atoms with Gasteiger partial charge in [-0.3, -0.25) is 9.63 Å². The van der Waals surface area contributed by atoms with Crippen molar-refractivity contribution in [2.24, 2.45) is 16.0 Å². The first-order chi connectivity index (χ1) is 18.0. The summed E-state index contributed by atoms with van der Waals surface area (Å²) < 4.78 is 41.0. The zero-order valence-corrected chi connectivity index (χ0v) is 25.3. The number of nitrogens with one attached hydrogen (secondary N) is 1. The molecular formula is C26H43N5O7S. The van der Waals surface area contributed by atoms with E-state index >= 15 is 0 Å². The summed E-state index contributed by atoms with van der Waals surface area (Å²) in [5.74, 6) is 0.184. The third kappa shape index (κ3) is 8.46. The zero-order chi connectivity index (χ0) is 29.7. The number of carbonyl (C=O) groups excluding carboxylic acids is 2. The van der Waals surface area contributed by atoms with Crippen molar-refractivity contribution >= 4 is 28.0 Å². The second-order valence-electron chi connectivity index (χ2n) is 10.8. The Bertz CT molecular complexity index is 1190. The van der Waals surface area contributed by atoms with Gasteiger partial charge in [-0.15, -0.1) is 4.40 Å². The molecule has 0 aliphatic carbocycles. The van der Waals surface area contributed by atoms with Crippen LogP contribution in [-0.2, 0) is 24.4 Å². The smallest absolute Gasteiger partial charge is 0.408 e. The van der Waals surface area contributed by atoms with Gasteiger partial charge >= 0.3 is 6.09 Å². The van der Waals surface area contributed by atoms with E-state index in [0.717, 1.165) is 10.6 Å². The van der Waals surface area contributed by atoms with Crippen LogP contribution in [0.15, 0.2) is 15.4 Å². The van der Waals surface area contributed by atoms with Crippen LogP contribution in [0.4, 0.5) is 4.79 Å². The number of ether oxygens (including phenoxy) is 2. The molecule has 0 aromatic heterocycles. The first-order valence-electron chi connectivity index (χ1n) is 12.8. The Morgan fingerprint density at radius 3 is 2.28 bits per heavy atom. The molecule has 2 rings (SSSR count). The normalized spacial score (nSPS) is 16.0. The summed E-state index contributed by atoms with van der Waals surface area (Å²) in [5, 5.41) is 3.73. The number of aryl methyl sites for hydroxylation is 1. The van der Waals surface area contributed by atoms with Crippen molar-refractivity contribution < 1.29 is 32.3 Å². The number of hydroxylamine groups is 2. The van der Waals surface area contributed by atoms with Crippen molar-refractivity contribution in [1.82, 2.24) is 15.3 Å². The summed E-state index contributed by atoms with van der Waals surface area (Å²) in [7, 11) is 0.317. The van der Waals surface area contributed by atoms with Gasteiger partial charge in [-0.25, -0.2) is 9.86 Å². The van der Waals surface area contributed by atoms with E-state index in [0.29, 0.717) is 49.2 Å². The number of sulfonamides is 1. The highest BCUT2D eigenvalue weighted by atomic mass is 32.2. The number of hydrogen-bond acceptors (Lipinski definition) is 7. The number of nitrogens with zero attached hydrogens (tertiary/aromatic N) is 3. The van der Waals surface area contributed by atoms with Gasteiger partial charge in [0.05, 0.1) is 19.1 Å². The van der Waals surface area contributed by atoms with E-state index in [9.17, 15) is 18.0 Å². The zero-order valence-electron chi connectivity index (χ0n) is 24.5.